The van der Waals surface area contributed by atoms with Crippen LogP contribution in [0.1, 0.15) is 12.5 Å². The van der Waals surface area contributed by atoms with Gasteiger partial charge in [-0.1, -0.05) is 6.07 Å². The van der Waals surface area contributed by atoms with Crippen molar-refractivity contribution in [1.29, 1.82) is 0 Å². The van der Waals surface area contributed by atoms with Gasteiger partial charge in [0.15, 0.2) is 0 Å². The molecule has 2 rings (SSSR count). The zero-order chi connectivity index (χ0) is 16.2. The molecule has 0 saturated heterocycles. The van der Waals surface area contributed by atoms with Crippen LogP contribution in [0.2, 0.25) is 0 Å². The Morgan fingerprint density at radius 3 is 2.77 bits per heavy atom. The number of hydrogen-bond donors (Lipinski definition) is 2. The summed E-state index contributed by atoms with van der Waals surface area (Å²) < 4.78 is 39.4. The zero-order valence-electron chi connectivity index (χ0n) is 11.8. The van der Waals surface area contributed by atoms with Crippen molar-refractivity contribution in [2.75, 3.05) is 18.4 Å². The molecule has 0 saturated carbocycles. The number of carbonyl (C=O) groups is 1. The van der Waals surface area contributed by atoms with E-state index in [1.54, 1.807) is 13.0 Å². The normalized spacial score (nSPS) is 11.3. The smallest absolute Gasteiger partial charge is 0.360 e. The molecular weight excluding hydrogens is 297 g/mol. The topological polar surface area (TPSA) is 59.0 Å². The maximum atomic E-state index is 12.7. The summed E-state index contributed by atoms with van der Waals surface area (Å²) in [7, 11) is 0. The molecule has 1 heterocycles. The standard InChI is InChI=1S/C14H15F3N4O/c1-2-18-13(22)9-19-12-6-7-21(20-12)11-5-3-4-10(8-11)14(15,16)17/h3-8H,2,9H2,1H3,(H,18,22)(H,19,20). The zero-order valence-corrected chi connectivity index (χ0v) is 11.8. The summed E-state index contributed by atoms with van der Waals surface area (Å²) in [5.41, 5.74) is -0.446. The molecule has 0 bridgehead atoms. The molecule has 2 aromatic rings. The fourth-order valence-corrected chi connectivity index (χ4v) is 1.82. The summed E-state index contributed by atoms with van der Waals surface area (Å²) in [4.78, 5) is 11.3. The maximum Gasteiger partial charge on any atom is 0.416 e. The van der Waals surface area contributed by atoms with Crippen molar-refractivity contribution in [3.05, 3.63) is 42.1 Å². The van der Waals surface area contributed by atoms with Crippen LogP contribution < -0.4 is 10.6 Å². The lowest BCUT2D eigenvalue weighted by Gasteiger charge is -2.08. The van der Waals surface area contributed by atoms with Crippen LogP contribution in [-0.4, -0.2) is 28.8 Å². The van der Waals surface area contributed by atoms with Crippen molar-refractivity contribution in [3.63, 3.8) is 0 Å². The predicted molar refractivity (Wildman–Crippen MR) is 75.7 cm³/mol. The Bertz CT molecular complexity index is 652. The molecular formula is C14H15F3N4O. The molecule has 1 aromatic carbocycles. The van der Waals surface area contributed by atoms with E-state index in [9.17, 15) is 18.0 Å². The molecule has 8 heteroatoms. The first-order chi connectivity index (χ1) is 10.4. The fraction of sp³-hybridized carbons (Fsp3) is 0.286. The highest BCUT2D eigenvalue weighted by Crippen LogP contribution is 2.30. The van der Waals surface area contributed by atoms with Gasteiger partial charge in [0, 0.05) is 18.8 Å². The SMILES string of the molecule is CCNC(=O)CNc1ccn(-c2cccc(C(F)(F)F)c2)n1. The highest BCUT2D eigenvalue weighted by Gasteiger charge is 2.30. The lowest BCUT2D eigenvalue weighted by molar-refractivity contribution is -0.137. The number of carbonyl (C=O) groups excluding carboxylic acids is 1. The molecule has 0 aliphatic carbocycles. The molecule has 0 unspecified atom stereocenters. The van der Waals surface area contributed by atoms with Crippen molar-refractivity contribution < 1.29 is 18.0 Å². The van der Waals surface area contributed by atoms with Crippen molar-refractivity contribution in [1.82, 2.24) is 15.1 Å². The number of nitrogens with one attached hydrogen (secondary N) is 2. The van der Waals surface area contributed by atoms with E-state index in [0.717, 1.165) is 12.1 Å². The average Bonchev–Trinajstić information content (AvgIpc) is 2.94. The van der Waals surface area contributed by atoms with Gasteiger partial charge in [0.1, 0.15) is 5.82 Å². The lowest BCUT2D eigenvalue weighted by atomic mass is 10.2. The van der Waals surface area contributed by atoms with Gasteiger partial charge in [-0.05, 0) is 25.1 Å². The van der Waals surface area contributed by atoms with E-state index < -0.39 is 11.7 Å². The molecule has 0 radical (unpaired) electrons. The van der Waals surface area contributed by atoms with E-state index >= 15 is 0 Å². The minimum Gasteiger partial charge on any atom is -0.360 e. The number of amides is 1. The van der Waals surface area contributed by atoms with Crippen molar-refractivity contribution in [2.24, 2.45) is 0 Å². The van der Waals surface area contributed by atoms with E-state index in [-0.39, 0.29) is 12.5 Å². The summed E-state index contributed by atoms with van der Waals surface area (Å²) in [6, 6.07) is 6.44. The van der Waals surface area contributed by atoms with Gasteiger partial charge in [-0.25, -0.2) is 4.68 Å². The van der Waals surface area contributed by atoms with Crippen LogP contribution in [0, 0.1) is 0 Å². The molecule has 118 valence electrons. The van der Waals surface area contributed by atoms with Gasteiger partial charge in [0.05, 0.1) is 17.8 Å². The van der Waals surface area contributed by atoms with E-state index in [4.69, 9.17) is 0 Å². The highest BCUT2D eigenvalue weighted by atomic mass is 19.4. The number of hydrogen-bond acceptors (Lipinski definition) is 3. The summed E-state index contributed by atoms with van der Waals surface area (Å²) in [5.74, 6) is 0.222. The molecule has 0 aliphatic heterocycles. The van der Waals surface area contributed by atoms with Crippen molar-refractivity contribution in [3.8, 4) is 5.69 Å². The third kappa shape index (κ3) is 4.00. The summed E-state index contributed by atoms with van der Waals surface area (Å²) in [5, 5.41) is 9.51. The number of rotatable bonds is 5. The number of anilines is 1. The van der Waals surface area contributed by atoms with Gasteiger partial charge >= 0.3 is 6.18 Å². The Morgan fingerprint density at radius 2 is 2.09 bits per heavy atom. The Labute approximate surface area is 125 Å². The first-order valence-corrected chi connectivity index (χ1v) is 6.64. The molecule has 1 aromatic heterocycles. The number of nitrogens with zero attached hydrogens (tertiary/aromatic N) is 2. The van der Waals surface area contributed by atoms with Gasteiger partial charge in [0.2, 0.25) is 5.91 Å². The Balaban J connectivity index is 2.10. The minimum absolute atomic E-state index is 0.0491. The van der Waals surface area contributed by atoms with Crippen LogP contribution in [0.4, 0.5) is 19.0 Å². The molecule has 2 N–H and O–H groups in total. The molecule has 0 fully saturated rings. The Morgan fingerprint density at radius 1 is 1.32 bits per heavy atom. The van der Waals surface area contributed by atoms with Gasteiger partial charge in [-0.2, -0.15) is 18.3 Å². The van der Waals surface area contributed by atoms with E-state index in [1.807, 2.05) is 0 Å². The van der Waals surface area contributed by atoms with Gasteiger partial charge in [0.25, 0.3) is 0 Å². The minimum atomic E-state index is -4.40. The van der Waals surface area contributed by atoms with E-state index in [0.29, 0.717) is 18.1 Å². The third-order valence-electron chi connectivity index (χ3n) is 2.83. The Hall–Kier alpha value is -2.51. The van der Waals surface area contributed by atoms with E-state index in [2.05, 4.69) is 15.7 Å². The van der Waals surface area contributed by atoms with Gasteiger partial charge < -0.3 is 10.6 Å². The van der Waals surface area contributed by atoms with Crippen LogP contribution in [0.15, 0.2) is 36.5 Å². The molecule has 22 heavy (non-hydrogen) atoms. The van der Waals surface area contributed by atoms with Crippen LogP contribution >= 0.6 is 0 Å². The third-order valence-corrected chi connectivity index (χ3v) is 2.83. The second-order valence-corrected chi connectivity index (χ2v) is 4.50. The first-order valence-electron chi connectivity index (χ1n) is 6.64. The largest absolute Gasteiger partial charge is 0.416 e. The molecule has 0 aliphatic rings. The lowest BCUT2D eigenvalue weighted by Crippen LogP contribution is -2.29. The van der Waals surface area contributed by atoms with Crippen molar-refractivity contribution in [2.45, 2.75) is 13.1 Å². The van der Waals surface area contributed by atoms with Gasteiger partial charge in [-0.15, -0.1) is 0 Å². The monoisotopic (exact) mass is 312 g/mol. The summed E-state index contributed by atoms with van der Waals surface area (Å²) in [6.45, 7) is 2.38. The highest BCUT2D eigenvalue weighted by molar-refractivity contribution is 5.80. The summed E-state index contributed by atoms with van der Waals surface area (Å²) >= 11 is 0. The second kappa shape index (κ2) is 6.50. The van der Waals surface area contributed by atoms with Crippen LogP contribution in [0.5, 0.6) is 0 Å². The molecule has 0 atom stereocenters. The number of likely N-dealkylation sites (N-methyl/N-ethyl adjacent to an activating group) is 1. The maximum absolute atomic E-state index is 12.7. The predicted octanol–water partition coefficient (Wildman–Crippen LogP) is 2.44. The number of alkyl halides is 3. The van der Waals surface area contributed by atoms with Crippen LogP contribution in [0.25, 0.3) is 5.69 Å². The van der Waals surface area contributed by atoms with E-state index in [1.165, 1.54) is 23.0 Å². The van der Waals surface area contributed by atoms with Crippen LogP contribution in [0.3, 0.4) is 0 Å². The average molecular weight is 312 g/mol. The molecule has 5 nitrogen and oxygen atoms in total. The number of benzene rings is 1. The van der Waals surface area contributed by atoms with Gasteiger partial charge in [-0.3, -0.25) is 4.79 Å². The first kappa shape index (κ1) is 15.9. The molecule has 0 spiro atoms. The summed E-state index contributed by atoms with van der Waals surface area (Å²) in [6.07, 6.45) is -2.88. The molecule has 1 amide bonds. The fourth-order valence-electron chi connectivity index (χ4n) is 1.82. The van der Waals surface area contributed by atoms with Crippen LogP contribution in [-0.2, 0) is 11.0 Å². The van der Waals surface area contributed by atoms with Crippen molar-refractivity contribution >= 4 is 11.7 Å². The quantitative estimate of drug-likeness (QED) is 0.891. The number of halogens is 3. The number of aromatic nitrogens is 2. The Kier molecular flexibility index (Phi) is 4.69. The second-order valence-electron chi connectivity index (χ2n) is 4.50.